The summed E-state index contributed by atoms with van der Waals surface area (Å²) in [5.74, 6) is -1.71. The molecule has 0 saturated carbocycles. The number of aromatic nitrogens is 1. The van der Waals surface area contributed by atoms with E-state index in [4.69, 9.17) is 9.57 Å². The maximum atomic E-state index is 12.8. The Labute approximate surface area is 141 Å². The second-order valence-corrected chi connectivity index (χ2v) is 6.86. The average Bonchev–Trinajstić information content (AvgIpc) is 2.63. The number of rotatable bonds is 5. The summed E-state index contributed by atoms with van der Waals surface area (Å²) in [5.41, 5.74) is -0.648. The Bertz CT molecular complexity index is 627. The molecule has 0 radical (unpaired) electrons. The topological polar surface area (TPSA) is 110 Å². The first-order valence-electron chi connectivity index (χ1n) is 7.62. The smallest absolute Gasteiger partial charge is 0.408 e. The summed E-state index contributed by atoms with van der Waals surface area (Å²) in [6.45, 7) is 10.1. The van der Waals surface area contributed by atoms with Gasteiger partial charge in [-0.1, -0.05) is 13.8 Å². The van der Waals surface area contributed by atoms with Gasteiger partial charge < -0.3 is 25.1 Å². The highest BCUT2D eigenvalue weighted by Crippen LogP contribution is 2.33. The van der Waals surface area contributed by atoms with Crippen LogP contribution in [0.25, 0.3) is 0 Å². The van der Waals surface area contributed by atoms with E-state index in [1.807, 2.05) is 0 Å². The van der Waals surface area contributed by atoms with E-state index in [1.165, 1.54) is 14.0 Å². The molecular weight excluding hydrogens is 316 g/mol. The van der Waals surface area contributed by atoms with Crippen molar-refractivity contribution in [2.24, 2.45) is 5.92 Å². The maximum Gasteiger partial charge on any atom is 0.408 e. The van der Waals surface area contributed by atoms with E-state index in [0.717, 1.165) is 4.73 Å². The molecule has 0 saturated heterocycles. The molecule has 0 spiro atoms. The summed E-state index contributed by atoms with van der Waals surface area (Å²) in [6, 6.07) is -0.934. The van der Waals surface area contributed by atoms with Gasteiger partial charge in [-0.25, -0.2) is 4.79 Å². The van der Waals surface area contributed by atoms with E-state index in [2.05, 4.69) is 5.32 Å². The van der Waals surface area contributed by atoms with E-state index in [9.17, 15) is 19.8 Å². The van der Waals surface area contributed by atoms with E-state index >= 15 is 0 Å². The van der Waals surface area contributed by atoms with Crippen LogP contribution in [0.2, 0.25) is 0 Å². The van der Waals surface area contributed by atoms with Crippen molar-refractivity contribution >= 4 is 11.9 Å². The molecule has 136 valence electrons. The molecule has 1 heterocycles. The van der Waals surface area contributed by atoms with Gasteiger partial charge in [0.15, 0.2) is 5.78 Å². The highest BCUT2D eigenvalue weighted by atomic mass is 16.7. The number of hydrogen-bond acceptors (Lipinski definition) is 6. The lowest BCUT2D eigenvalue weighted by Crippen LogP contribution is -2.46. The number of carbonyl (C=O) groups excluding carboxylic acids is 2. The van der Waals surface area contributed by atoms with E-state index in [1.54, 1.807) is 34.6 Å². The number of hydrogen-bond donors (Lipinski definition) is 3. The predicted molar refractivity (Wildman–Crippen MR) is 87.3 cm³/mol. The predicted octanol–water partition coefficient (Wildman–Crippen LogP) is 2.00. The van der Waals surface area contributed by atoms with Crippen molar-refractivity contribution in [1.29, 1.82) is 0 Å². The Morgan fingerprint density at radius 1 is 1.17 bits per heavy atom. The standard InChI is InChI=1S/C16H26N2O6/c1-8(2)11(17-15(22)24-16(4,5)6)12(19)10-9(3)13(20)18(23-7)14(10)21/h8,11,20-21H,1-7H3,(H,17,22)/t11-/m0/s1. The van der Waals surface area contributed by atoms with Gasteiger partial charge in [-0.2, -0.15) is 0 Å². The van der Waals surface area contributed by atoms with Crippen molar-refractivity contribution in [3.05, 3.63) is 11.1 Å². The highest BCUT2D eigenvalue weighted by molar-refractivity contribution is 6.05. The molecule has 3 N–H and O–H groups in total. The van der Waals surface area contributed by atoms with E-state index in [0.29, 0.717) is 0 Å². The van der Waals surface area contributed by atoms with Gasteiger partial charge in [0.25, 0.3) is 0 Å². The SMILES string of the molecule is COn1c(O)c(C)c(C(=O)[C@@H](NC(=O)OC(C)(C)C)C(C)C)c1O. The minimum absolute atomic E-state index is 0.107. The number of alkyl carbamates (subject to hydrolysis) is 1. The van der Waals surface area contributed by atoms with Crippen molar-refractivity contribution < 1.29 is 29.4 Å². The number of ketones is 1. The van der Waals surface area contributed by atoms with Crippen LogP contribution in [0.1, 0.15) is 50.5 Å². The third kappa shape index (κ3) is 4.12. The summed E-state index contributed by atoms with van der Waals surface area (Å²) in [4.78, 5) is 29.6. The van der Waals surface area contributed by atoms with Crippen molar-refractivity contribution in [3.8, 4) is 11.8 Å². The van der Waals surface area contributed by atoms with Crippen molar-refractivity contribution in [1.82, 2.24) is 10.0 Å². The van der Waals surface area contributed by atoms with Crippen molar-refractivity contribution in [3.63, 3.8) is 0 Å². The molecule has 0 unspecified atom stereocenters. The van der Waals surface area contributed by atoms with Crippen LogP contribution in [0.15, 0.2) is 0 Å². The van der Waals surface area contributed by atoms with E-state index < -0.39 is 29.4 Å². The second kappa shape index (κ2) is 7.02. The quantitative estimate of drug-likeness (QED) is 0.706. The Hall–Kier alpha value is -2.38. The normalized spacial score (nSPS) is 12.8. The second-order valence-electron chi connectivity index (χ2n) is 6.86. The summed E-state index contributed by atoms with van der Waals surface area (Å²) < 4.78 is 5.91. The van der Waals surface area contributed by atoms with Gasteiger partial charge in [0.05, 0.1) is 11.6 Å². The van der Waals surface area contributed by atoms with Crippen LogP contribution < -0.4 is 10.2 Å². The summed E-state index contributed by atoms with van der Waals surface area (Å²) in [6.07, 6.45) is -0.734. The highest BCUT2D eigenvalue weighted by Gasteiger charge is 2.34. The molecule has 0 aliphatic rings. The zero-order valence-corrected chi connectivity index (χ0v) is 15.1. The number of carbonyl (C=O) groups is 2. The number of nitrogens with zero attached hydrogens (tertiary/aromatic N) is 1. The molecule has 0 aromatic carbocycles. The number of nitrogens with one attached hydrogen (secondary N) is 1. The molecular formula is C16H26N2O6. The fourth-order valence-electron chi connectivity index (χ4n) is 2.23. The Morgan fingerprint density at radius 3 is 2.08 bits per heavy atom. The maximum absolute atomic E-state index is 12.8. The van der Waals surface area contributed by atoms with Crippen LogP contribution in [0.3, 0.4) is 0 Å². The average molecular weight is 342 g/mol. The minimum atomic E-state index is -0.934. The Morgan fingerprint density at radius 2 is 1.71 bits per heavy atom. The molecule has 8 heteroatoms. The monoisotopic (exact) mass is 342 g/mol. The van der Waals surface area contributed by atoms with Crippen molar-refractivity contribution in [2.75, 3.05) is 7.11 Å². The van der Waals surface area contributed by atoms with Crippen LogP contribution in [0, 0.1) is 12.8 Å². The fraction of sp³-hybridized carbons (Fsp3) is 0.625. The zero-order chi connectivity index (χ0) is 18.8. The molecule has 0 aliphatic carbocycles. The van der Waals surface area contributed by atoms with E-state index in [-0.39, 0.29) is 22.9 Å². The van der Waals surface area contributed by atoms with Crippen LogP contribution >= 0.6 is 0 Å². The first kappa shape index (κ1) is 19.7. The molecule has 1 atom stereocenters. The lowest BCUT2D eigenvalue weighted by atomic mass is 9.94. The van der Waals surface area contributed by atoms with Crippen LogP contribution in [-0.4, -0.2) is 45.6 Å². The molecule has 0 aliphatic heterocycles. The van der Waals surface area contributed by atoms with Gasteiger partial charge >= 0.3 is 6.09 Å². The minimum Gasteiger partial charge on any atom is -0.492 e. The Balaban J connectivity index is 3.15. The molecule has 1 aromatic heterocycles. The van der Waals surface area contributed by atoms with Crippen molar-refractivity contribution in [2.45, 2.75) is 53.2 Å². The molecule has 1 amide bonds. The lowest BCUT2D eigenvalue weighted by Gasteiger charge is -2.25. The molecule has 1 rings (SSSR count). The first-order valence-corrected chi connectivity index (χ1v) is 7.62. The molecule has 24 heavy (non-hydrogen) atoms. The van der Waals surface area contributed by atoms with Gasteiger partial charge in [-0.3, -0.25) is 4.79 Å². The molecule has 1 aromatic rings. The van der Waals surface area contributed by atoms with Gasteiger partial charge in [-0.15, -0.1) is 4.73 Å². The van der Waals surface area contributed by atoms with Crippen LogP contribution in [-0.2, 0) is 4.74 Å². The van der Waals surface area contributed by atoms with Gasteiger partial charge in [0.2, 0.25) is 11.8 Å². The number of aromatic hydroxyl groups is 2. The zero-order valence-electron chi connectivity index (χ0n) is 15.1. The number of amides is 1. The number of ether oxygens (including phenoxy) is 1. The van der Waals surface area contributed by atoms with Crippen LogP contribution in [0.4, 0.5) is 4.79 Å². The summed E-state index contributed by atoms with van der Waals surface area (Å²) >= 11 is 0. The third-order valence-corrected chi connectivity index (χ3v) is 3.37. The molecule has 8 nitrogen and oxygen atoms in total. The lowest BCUT2D eigenvalue weighted by molar-refractivity contribution is 0.0474. The number of Topliss-reactive ketones (excluding diaryl/α,β-unsaturated/α-hetero) is 1. The van der Waals surface area contributed by atoms with Crippen LogP contribution in [0.5, 0.6) is 11.8 Å². The van der Waals surface area contributed by atoms with Gasteiger partial charge in [-0.05, 0) is 33.6 Å². The van der Waals surface area contributed by atoms with Gasteiger partial charge in [0.1, 0.15) is 12.7 Å². The summed E-state index contributed by atoms with van der Waals surface area (Å²) in [7, 11) is 1.24. The Kier molecular flexibility index (Phi) is 5.75. The van der Waals surface area contributed by atoms with Gasteiger partial charge in [0, 0.05) is 5.56 Å². The summed E-state index contributed by atoms with van der Waals surface area (Å²) in [5, 5.41) is 22.6. The third-order valence-electron chi connectivity index (χ3n) is 3.37. The first-order chi connectivity index (χ1) is 10.9. The molecule has 0 bridgehead atoms. The molecule has 0 fully saturated rings. The fourth-order valence-corrected chi connectivity index (χ4v) is 2.23. The largest absolute Gasteiger partial charge is 0.492 e.